The highest BCUT2D eigenvalue weighted by Crippen LogP contribution is 2.16. The summed E-state index contributed by atoms with van der Waals surface area (Å²) in [6.07, 6.45) is 88.0. The third-order valence-corrected chi connectivity index (χ3v) is 13.2. The molecule has 76 heavy (non-hydrogen) atoms. The smallest absolute Gasteiger partial charge is 0.306 e. The van der Waals surface area contributed by atoms with Gasteiger partial charge in [-0.3, -0.25) is 14.4 Å². The zero-order valence-electron chi connectivity index (χ0n) is 49.5. The van der Waals surface area contributed by atoms with E-state index in [0.717, 1.165) is 135 Å². The lowest BCUT2D eigenvalue weighted by Crippen LogP contribution is -2.30. The first-order valence-corrected chi connectivity index (χ1v) is 31.5. The van der Waals surface area contributed by atoms with Gasteiger partial charge in [-0.2, -0.15) is 0 Å². The summed E-state index contributed by atoms with van der Waals surface area (Å²) in [5.74, 6) is -0.913. The van der Waals surface area contributed by atoms with E-state index in [1.165, 1.54) is 109 Å². The molecule has 0 amide bonds. The van der Waals surface area contributed by atoms with E-state index in [2.05, 4.69) is 142 Å². The number of carbonyl (C=O) groups excluding carboxylic acids is 3. The first kappa shape index (κ1) is 71.8. The summed E-state index contributed by atoms with van der Waals surface area (Å²) in [6.45, 7) is 6.37. The lowest BCUT2D eigenvalue weighted by molar-refractivity contribution is -0.167. The largest absolute Gasteiger partial charge is 0.462 e. The summed E-state index contributed by atoms with van der Waals surface area (Å²) in [5.41, 5.74) is 0. The highest BCUT2D eigenvalue weighted by Gasteiger charge is 2.19. The molecule has 0 heterocycles. The summed E-state index contributed by atoms with van der Waals surface area (Å²) in [5, 5.41) is 0. The summed E-state index contributed by atoms with van der Waals surface area (Å²) in [4.78, 5) is 38.1. The van der Waals surface area contributed by atoms with Crippen LogP contribution in [0.25, 0.3) is 0 Å². The minimum absolute atomic E-state index is 0.0872. The average Bonchev–Trinajstić information content (AvgIpc) is 3.42. The van der Waals surface area contributed by atoms with Crippen LogP contribution in [0, 0.1) is 0 Å². The van der Waals surface area contributed by atoms with Gasteiger partial charge in [0.15, 0.2) is 6.10 Å². The first-order valence-electron chi connectivity index (χ1n) is 31.5. The Labute approximate surface area is 469 Å². The van der Waals surface area contributed by atoms with Gasteiger partial charge < -0.3 is 14.2 Å². The Morgan fingerprint density at radius 2 is 0.513 bits per heavy atom. The van der Waals surface area contributed by atoms with Crippen LogP contribution in [0.2, 0.25) is 0 Å². The second kappa shape index (κ2) is 63.3. The van der Waals surface area contributed by atoms with Crippen molar-refractivity contribution in [3.63, 3.8) is 0 Å². The maximum Gasteiger partial charge on any atom is 0.306 e. The van der Waals surface area contributed by atoms with Crippen LogP contribution in [-0.2, 0) is 28.6 Å². The SMILES string of the molecule is CC/C=C\C/C=C\C/C=C\C/C=C\C/C=C\C/C=C\CCCCCCCCCCCCCCCCC(=O)OCC(COC(=O)CCCCCCCCCC)OC(=O)CCCCCC/C=C\C/C=C\C/C=C\C/C=C\CC. The van der Waals surface area contributed by atoms with Gasteiger partial charge in [0, 0.05) is 19.3 Å². The van der Waals surface area contributed by atoms with Crippen LogP contribution in [0.4, 0.5) is 0 Å². The van der Waals surface area contributed by atoms with Crippen molar-refractivity contribution in [1.29, 1.82) is 0 Å². The van der Waals surface area contributed by atoms with Crippen molar-refractivity contribution in [3.05, 3.63) is 122 Å². The molecule has 6 heteroatoms. The minimum Gasteiger partial charge on any atom is -0.462 e. The third-order valence-electron chi connectivity index (χ3n) is 13.2. The Kier molecular flexibility index (Phi) is 59.9. The van der Waals surface area contributed by atoms with E-state index in [4.69, 9.17) is 14.2 Å². The van der Waals surface area contributed by atoms with Crippen LogP contribution >= 0.6 is 0 Å². The van der Waals surface area contributed by atoms with Crippen LogP contribution in [0.3, 0.4) is 0 Å². The van der Waals surface area contributed by atoms with Crippen molar-refractivity contribution >= 4 is 17.9 Å². The average molecular weight is 1050 g/mol. The molecule has 0 N–H and O–H groups in total. The van der Waals surface area contributed by atoms with Crippen molar-refractivity contribution < 1.29 is 28.6 Å². The Balaban J connectivity index is 4.13. The standard InChI is InChI=1S/C70H116O6/c1-4-7-10-13-16-19-21-23-25-27-28-29-30-31-32-33-34-35-36-37-38-39-40-41-42-44-45-47-49-51-54-57-60-63-69(72)75-66-67(65-74-68(71)62-59-56-53-18-15-12-9-6-3)76-70(73)64-61-58-55-52-50-48-46-43-26-24-22-20-17-14-11-8-5-2/h7-8,10-11,16-17,19-20,23-26,28-29,31-32,34-35,46,48,67H,4-6,9,12-15,18,21-22,27,30,33,36-45,47,49-66H2,1-3H3/b10-7-,11-8-,19-16-,20-17-,25-23-,26-24-,29-28-,32-31-,35-34-,48-46-. The van der Waals surface area contributed by atoms with Crippen molar-refractivity contribution in [3.8, 4) is 0 Å². The van der Waals surface area contributed by atoms with Crippen LogP contribution in [0.1, 0.15) is 284 Å². The van der Waals surface area contributed by atoms with Gasteiger partial charge >= 0.3 is 17.9 Å². The molecular weight excluding hydrogens is 937 g/mol. The van der Waals surface area contributed by atoms with Gasteiger partial charge in [-0.25, -0.2) is 0 Å². The number of hydrogen-bond donors (Lipinski definition) is 0. The molecule has 0 aliphatic carbocycles. The molecule has 0 spiro atoms. The molecule has 432 valence electrons. The van der Waals surface area contributed by atoms with Gasteiger partial charge in [0.05, 0.1) is 0 Å². The van der Waals surface area contributed by atoms with E-state index in [-0.39, 0.29) is 31.1 Å². The molecule has 0 bridgehead atoms. The number of ether oxygens (including phenoxy) is 3. The number of carbonyl (C=O) groups is 3. The highest BCUT2D eigenvalue weighted by molar-refractivity contribution is 5.71. The molecule has 6 nitrogen and oxygen atoms in total. The van der Waals surface area contributed by atoms with Crippen molar-refractivity contribution in [2.24, 2.45) is 0 Å². The van der Waals surface area contributed by atoms with Gasteiger partial charge in [-0.15, -0.1) is 0 Å². The number of hydrogen-bond acceptors (Lipinski definition) is 6. The molecular formula is C70H116O6. The molecule has 1 unspecified atom stereocenters. The fraction of sp³-hybridized carbons (Fsp3) is 0.671. The molecule has 0 aromatic rings. The molecule has 0 aromatic carbocycles. The van der Waals surface area contributed by atoms with Gasteiger partial charge in [0.1, 0.15) is 13.2 Å². The zero-order chi connectivity index (χ0) is 55.0. The van der Waals surface area contributed by atoms with E-state index in [1.807, 2.05) is 0 Å². The van der Waals surface area contributed by atoms with Gasteiger partial charge in [0.25, 0.3) is 0 Å². The van der Waals surface area contributed by atoms with Crippen LogP contribution < -0.4 is 0 Å². The maximum atomic E-state index is 12.8. The quantitative estimate of drug-likeness (QED) is 0.0261. The first-order chi connectivity index (χ1) is 37.5. The van der Waals surface area contributed by atoms with Crippen LogP contribution in [0.15, 0.2) is 122 Å². The highest BCUT2D eigenvalue weighted by atomic mass is 16.6. The molecule has 0 radical (unpaired) electrons. The Morgan fingerprint density at radius 1 is 0.276 bits per heavy atom. The fourth-order valence-corrected chi connectivity index (χ4v) is 8.56. The third kappa shape index (κ3) is 60.7. The number of rotatable bonds is 56. The van der Waals surface area contributed by atoms with Crippen molar-refractivity contribution in [2.75, 3.05) is 13.2 Å². The fourth-order valence-electron chi connectivity index (χ4n) is 8.56. The van der Waals surface area contributed by atoms with Crippen LogP contribution in [-0.4, -0.2) is 37.2 Å². The molecule has 0 aliphatic heterocycles. The maximum absolute atomic E-state index is 12.8. The molecule has 0 fully saturated rings. The zero-order valence-corrected chi connectivity index (χ0v) is 49.5. The van der Waals surface area contributed by atoms with Gasteiger partial charge in [-0.05, 0) is 109 Å². The van der Waals surface area contributed by atoms with Crippen LogP contribution in [0.5, 0.6) is 0 Å². The molecule has 0 saturated heterocycles. The number of unbranched alkanes of at least 4 members (excludes halogenated alkanes) is 25. The van der Waals surface area contributed by atoms with Crippen molar-refractivity contribution in [2.45, 2.75) is 290 Å². The van der Waals surface area contributed by atoms with Gasteiger partial charge in [-0.1, -0.05) is 277 Å². The van der Waals surface area contributed by atoms with Crippen molar-refractivity contribution in [1.82, 2.24) is 0 Å². The van der Waals surface area contributed by atoms with E-state index >= 15 is 0 Å². The predicted octanol–water partition coefficient (Wildman–Crippen LogP) is 21.6. The normalized spacial score (nSPS) is 12.9. The number of esters is 3. The topological polar surface area (TPSA) is 78.9 Å². The monoisotopic (exact) mass is 1050 g/mol. The second-order valence-corrected chi connectivity index (χ2v) is 20.6. The molecule has 0 saturated carbocycles. The van der Waals surface area contributed by atoms with E-state index in [9.17, 15) is 14.4 Å². The Morgan fingerprint density at radius 3 is 0.803 bits per heavy atom. The summed E-state index contributed by atoms with van der Waals surface area (Å²) in [6, 6.07) is 0. The van der Waals surface area contributed by atoms with E-state index in [0.29, 0.717) is 19.3 Å². The Bertz CT molecular complexity index is 1590. The molecule has 1 atom stereocenters. The molecule has 0 rings (SSSR count). The van der Waals surface area contributed by atoms with E-state index in [1.54, 1.807) is 0 Å². The van der Waals surface area contributed by atoms with Gasteiger partial charge in [0.2, 0.25) is 0 Å². The lowest BCUT2D eigenvalue weighted by Gasteiger charge is -2.18. The molecule has 0 aliphatic rings. The predicted molar refractivity (Wildman–Crippen MR) is 330 cm³/mol. The van der Waals surface area contributed by atoms with E-state index < -0.39 is 6.10 Å². The Hall–Kier alpha value is -4.19. The molecule has 0 aromatic heterocycles. The lowest BCUT2D eigenvalue weighted by atomic mass is 10.0. The minimum atomic E-state index is -0.790. The summed E-state index contributed by atoms with van der Waals surface area (Å²) in [7, 11) is 0. The number of allylic oxidation sites excluding steroid dienone is 20. The summed E-state index contributed by atoms with van der Waals surface area (Å²) >= 11 is 0. The summed E-state index contributed by atoms with van der Waals surface area (Å²) < 4.78 is 16.8. The second-order valence-electron chi connectivity index (χ2n) is 20.6.